The van der Waals surface area contributed by atoms with Gasteiger partial charge in [-0.05, 0) is 50.5 Å². The normalized spacial score (nSPS) is 18.3. The lowest BCUT2D eigenvalue weighted by molar-refractivity contribution is -0.126. The zero-order valence-electron chi connectivity index (χ0n) is 13.9. The fourth-order valence-corrected chi connectivity index (χ4v) is 3.10. The van der Waals surface area contributed by atoms with Crippen molar-refractivity contribution in [1.82, 2.24) is 10.3 Å². The second kappa shape index (κ2) is 6.24. The van der Waals surface area contributed by atoms with Crippen molar-refractivity contribution in [1.29, 1.82) is 0 Å². The quantitative estimate of drug-likeness (QED) is 0.891. The highest BCUT2D eigenvalue weighted by Crippen LogP contribution is 2.32. The number of ether oxygens (including phenoxy) is 2. The number of aromatic amines is 1. The van der Waals surface area contributed by atoms with Gasteiger partial charge in [0.05, 0.1) is 18.6 Å². The van der Waals surface area contributed by atoms with Gasteiger partial charge in [-0.15, -0.1) is 0 Å². The number of amides is 1. The van der Waals surface area contributed by atoms with Gasteiger partial charge in [0.1, 0.15) is 5.75 Å². The minimum atomic E-state index is -0.636. The van der Waals surface area contributed by atoms with Crippen molar-refractivity contribution in [2.45, 2.75) is 38.2 Å². The predicted octanol–water partition coefficient (Wildman–Crippen LogP) is 2.75. The van der Waals surface area contributed by atoms with Crippen LogP contribution in [0.1, 0.15) is 32.3 Å². The minimum absolute atomic E-state index is 0.0109. The number of hydrogen-bond donors (Lipinski definition) is 2. The number of rotatable bonds is 5. The van der Waals surface area contributed by atoms with E-state index in [1.807, 2.05) is 38.2 Å². The van der Waals surface area contributed by atoms with Crippen LogP contribution in [-0.2, 0) is 14.9 Å². The summed E-state index contributed by atoms with van der Waals surface area (Å²) in [7, 11) is 1.65. The second-order valence-corrected chi connectivity index (χ2v) is 6.58. The van der Waals surface area contributed by atoms with Crippen molar-refractivity contribution >= 4 is 16.8 Å². The minimum Gasteiger partial charge on any atom is -0.497 e. The number of fused-ring (bicyclic) bond motifs is 1. The molecular weight excluding hydrogens is 292 g/mol. The Hall–Kier alpha value is -2.01. The Labute approximate surface area is 136 Å². The van der Waals surface area contributed by atoms with E-state index in [1.54, 1.807) is 7.11 Å². The Morgan fingerprint density at radius 1 is 1.48 bits per heavy atom. The molecule has 1 aliphatic rings. The summed E-state index contributed by atoms with van der Waals surface area (Å²) in [4.78, 5) is 15.9. The largest absolute Gasteiger partial charge is 0.497 e. The monoisotopic (exact) mass is 316 g/mol. The molecular formula is C18H24N2O3. The van der Waals surface area contributed by atoms with E-state index in [0.717, 1.165) is 41.7 Å². The third-order valence-corrected chi connectivity index (χ3v) is 4.64. The molecule has 2 N–H and O–H groups in total. The molecule has 0 bridgehead atoms. The maximum atomic E-state index is 12.7. The van der Waals surface area contributed by atoms with Gasteiger partial charge in [-0.25, -0.2) is 0 Å². The van der Waals surface area contributed by atoms with E-state index in [2.05, 4.69) is 10.3 Å². The summed E-state index contributed by atoms with van der Waals surface area (Å²) in [5, 5.41) is 4.05. The lowest BCUT2D eigenvalue weighted by atomic mass is 9.83. The molecule has 0 radical (unpaired) electrons. The number of hydrogen-bond acceptors (Lipinski definition) is 3. The molecule has 0 saturated carbocycles. The number of carbonyl (C=O) groups excluding carboxylic acids is 1. The van der Waals surface area contributed by atoms with Crippen molar-refractivity contribution in [3.63, 3.8) is 0 Å². The van der Waals surface area contributed by atoms with Gasteiger partial charge in [0.15, 0.2) is 0 Å². The number of nitrogens with one attached hydrogen (secondary N) is 2. The second-order valence-electron chi connectivity index (χ2n) is 6.58. The molecule has 3 rings (SSSR count). The van der Waals surface area contributed by atoms with Crippen LogP contribution in [0.25, 0.3) is 10.9 Å². The first-order valence-electron chi connectivity index (χ1n) is 8.08. The zero-order chi connectivity index (χ0) is 16.4. The highest BCUT2D eigenvalue weighted by atomic mass is 16.5. The molecule has 2 aromatic rings. The molecule has 1 fully saturated rings. The average Bonchev–Trinajstić information content (AvgIpc) is 3.21. The molecule has 0 spiro atoms. The van der Waals surface area contributed by atoms with Crippen LogP contribution in [0.5, 0.6) is 5.75 Å². The molecule has 1 amide bonds. The first kappa shape index (κ1) is 15.9. The Morgan fingerprint density at radius 2 is 2.30 bits per heavy atom. The van der Waals surface area contributed by atoms with Crippen LogP contribution in [0, 0.1) is 0 Å². The van der Waals surface area contributed by atoms with Gasteiger partial charge in [-0.2, -0.15) is 0 Å². The predicted molar refractivity (Wildman–Crippen MR) is 89.9 cm³/mol. The highest BCUT2D eigenvalue weighted by Gasteiger charge is 2.32. The number of carbonyl (C=O) groups is 1. The van der Waals surface area contributed by atoms with Gasteiger partial charge in [0, 0.05) is 30.3 Å². The van der Waals surface area contributed by atoms with Gasteiger partial charge >= 0.3 is 0 Å². The van der Waals surface area contributed by atoms with Crippen LogP contribution >= 0.6 is 0 Å². The van der Waals surface area contributed by atoms with Crippen LogP contribution in [0.2, 0.25) is 0 Å². The fourth-order valence-electron chi connectivity index (χ4n) is 3.10. The Kier molecular flexibility index (Phi) is 4.31. The van der Waals surface area contributed by atoms with Crippen molar-refractivity contribution in [2.24, 2.45) is 0 Å². The van der Waals surface area contributed by atoms with Crippen molar-refractivity contribution < 1.29 is 14.3 Å². The number of H-pyrrole nitrogens is 1. The number of aromatic nitrogens is 1. The standard InChI is InChI=1S/C18H24N2O3/c1-18(2,17(21)20-10-13-5-4-8-23-13)15-11-19-16-7-6-12(22-3)9-14(15)16/h6-7,9,11,13,19H,4-5,8,10H2,1-3H3,(H,20,21). The van der Waals surface area contributed by atoms with Crippen molar-refractivity contribution in [3.05, 3.63) is 30.0 Å². The molecule has 2 heterocycles. The summed E-state index contributed by atoms with van der Waals surface area (Å²) in [6, 6.07) is 5.85. The molecule has 23 heavy (non-hydrogen) atoms. The van der Waals surface area contributed by atoms with Crippen LogP contribution in [-0.4, -0.2) is 37.3 Å². The molecule has 1 unspecified atom stereocenters. The highest BCUT2D eigenvalue weighted by molar-refractivity contribution is 5.95. The lowest BCUT2D eigenvalue weighted by Gasteiger charge is -2.24. The Bertz CT molecular complexity index is 699. The molecule has 1 saturated heterocycles. The van der Waals surface area contributed by atoms with Crippen LogP contribution in [0.4, 0.5) is 0 Å². The zero-order valence-corrected chi connectivity index (χ0v) is 13.9. The summed E-state index contributed by atoms with van der Waals surface area (Å²) in [6.45, 7) is 5.26. The van der Waals surface area contributed by atoms with E-state index in [0.29, 0.717) is 6.54 Å². The average molecular weight is 316 g/mol. The van der Waals surface area contributed by atoms with Crippen LogP contribution in [0.3, 0.4) is 0 Å². The summed E-state index contributed by atoms with van der Waals surface area (Å²) in [5.41, 5.74) is 1.33. The topological polar surface area (TPSA) is 63.4 Å². The summed E-state index contributed by atoms with van der Waals surface area (Å²) in [6.07, 6.45) is 4.16. The van der Waals surface area contributed by atoms with E-state index in [4.69, 9.17) is 9.47 Å². The molecule has 5 nitrogen and oxygen atoms in total. The summed E-state index contributed by atoms with van der Waals surface area (Å²) >= 11 is 0. The fraction of sp³-hybridized carbons (Fsp3) is 0.500. The lowest BCUT2D eigenvalue weighted by Crippen LogP contribution is -2.43. The molecule has 1 aromatic heterocycles. The van der Waals surface area contributed by atoms with Gasteiger partial charge in [-0.3, -0.25) is 4.79 Å². The molecule has 124 valence electrons. The van der Waals surface area contributed by atoms with E-state index in [1.165, 1.54) is 0 Å². The molecule has 5 heteroatoms. The molecule has 1 atom stereocenters. The number of methoxy groups -OCH3 is 1. The molecule has 0 aliphatic carbocycles. The van der Waals surface area contributed by atoms with Crippen molar-refractivity contribution in [3.8, 4) is 5.75 Å². The Balaban J connectivity index is 1.81. The van der Waals surface area contributed by atoms with E-state index < -0.39 is 5.41 Å². The van der Waals surface area contributed by atoms with Crippen LogP contribution in [0.15, 0.2) is 24.4 Å². The summed E-state index contributed by atoms with van der Waals surface area (Å²) < 4.78 is 10.9. The van der Waals surface area contributed by atoms with Gasteiger partial charge in [0.2, 0.25) is 5.91 Å². The number of benzene rings is 1. The van der Waals surface area contributed by atoms with Gasteiger partial charge in [-0.1, -0.05) is 0 Å². The smallest absolute Gasteiger partial charge is 0.230 e. The van der Waals surface area contributed by atoms with Gasteiger partial charge in [0.25, 0.3) is 0 Å². The van der Waals surface area contributed by atoms with E-state index >= 15 is 0 Å². The van der Waals surface area contributed by atoms with Gasteiger partial charge < -0.3 is 19.8 Å². The third kappa shape index (κ3) is 3.06. The first-order chi connectivity index (χ1) is 11.0. The van der Waals surface area contributed by atoms with E-state index in [-0.39, 0.29) is 12.0 Å². The maximum Gasteiger partial charge on any atom is 0.230 e. The Morgan fingerprint density at radius 3 is 3.00 bits per heavy atom. The van der Waals surface area contributed by atoms with E-state index in [9.17, 15) is 4.79 Å². The first-order valence-corrected chi connectivity index (χ1v) is 8.08. The van der Waals surface area contributed by atoms with Crippen LogP contribution < -0.4 is 10.1 Å². The SMILES string of the molecule is COc1ccc2[nH]cc(C(C)(C)C(=O)NCC3CCCO3)c2c1. The molecule has 1 aliphatic heterocycles. The maximum absolute atomic E-state index is 12.7. The molecule has 1 aromatic carbocycles. The van der Waals surface area contributed by atoms with Crippen molar-refractivity contribution in [2.75, 3.05) is 20.3 Å². The third-order valence-electron chi connectivity index (χ3n) is 4.64. The summed E-state index contributed by atoms with van der Waals surface area (Å²) in [5.74, 6) is 0.797.